The number of piperidine rings is 1. The first kappa shape index (κ1) is 18.6. The molecule has 1 heterocycles. The SMILES string of the molecule is Cl.O=C(O)C1CCNC(c2cc(F)c(C(F)(F)F)c(F)c2)C1. The number of carboxylic acid groups (broad SMARTS) is 1. The van der Waals surface area contributed by atoms with Crippen LogP contribution in [0.15, 0.2) is 12.1 Å². The Morgan fingerprint density at radius 2 is 1.77 bits per heavy atom. The average Bonchev–Trinajstić information content (AvgIpc) is 2.36. The third-order valence-electron chi connectivity index (χ3n) is 3.50. The monoisotopic (exact) mass is 345 g/mol. The summed E-state index contributed by atoms with van der Waals surface area (Å²) in [7, 11) is 0. The molecule has 1 aliphatic heterocycles. The molecule has 1 aromatic rings. The fourth-order valence-electron chi connectivity index (χ4n) is 2.46. The van der Waals surface area contributed by atoms with Crippen molar-refractivity contribution in [2.75, 3.05) is 6.54 Å². The molecule has 124 valence electrons. The van der Waals surface area contributed by atoms with E-state index in [1.165, 1.54) is 0 Å². The highest BCUT2D eigenvalue weighted by Crippen LogP contribution is 2.36. The topological polar surface area (TPSA) is 49.3 Å². The minimum Gasteiger partial charge on any atom is -0.481 e. The molecule has 0 aliphatic carbocycles. The summed E-state index contributed by atoms with van der Waals surface area (Å²) in [6.45, 7) is 0.311. The van der Waals surface area contributed by atoms with E-state index in [9.17, 15) is 26.7 Å². The Kier molecular flexibility index (Phi) is 5.75. The molecule has 2 rings (SSSR count). The van der Waals surface area contributed by atoms with Crippen LogP contribution in [0.4, 0.5) is 22.0 Å². The van der Waals surface area contributed by atoms with Crippen molar-refractivity contribution in [3.63, 3.8) is 0 Å². The highest BCUT2D eigenvalue weighted by Gasteiger charge is 2.38. The van der Waals surface area contributed by atoms with Crippen LogP contribution in [0.2, 0.25) is 0 Å². The van der Waals surface area contributed by atoms with Crippen LogP contribution in [-0.4, -0.2) is 17.6 Å². The van der Waals surface area contributed by atoms with Gasteiger partial charge in [-0.15, -0.1) is 12.4 Å². The number of rotatable bonds is 2. The van der Waals surface area contributed by atoms with Gasteiger partial charge in [0.2, 0.25) is 0 Å². The Morgan fingerprint density at radius 1 is 1.23 bits per heavy atom. The highest BCUT2D eigenvalue weighted by atomic mass is 35.5. The lowest BCUT2D eigenvalue weighted by Gasteiger charge is -2.28. The van der Waals surface area contributed by atoms with Gasteiger partial charge in [0, 0.05) is 6.04 Å². The molecule has 1 aliphatic rings. The number of aliphatic carboxylic acids is 1. The number of carboxylic acids is 1. The molecular weight excluding hydrogens is 333 g/mol. The van der Waals surface area contributed by atoms with Crippen molar-refractivity contribution in [2.24, 2.45) is 5.92 Å². The van der Waals surface area contributed by atoms with Gasteiger partial charge >= 0.3 is 12.1 Å². The van der Waals surface area contributed by atoms with Gasteiger partial charge in [-0.05, 0) is 37.1 Å². The number of benzene rings is 1. The molecule has 22 heavy (non-hydrogen) atoms. The van der Waals surface area contributed by atoms with Gasteiger partial charge in [0.25, 0.3) is 0 Å². The van der Waals surface area contributed by atoms with Gasteiger partial charge in [-0.3, -0.25) is 4.79 Å². The van der Waals surface area contributed by atoms with Crippen molar-refractivity contribution >= 4 is 18.4 Å². The van der Waals surface area contributed by atoms with Gasteiger partial charge in [-0.1, -0.05) is 0 Å². The fourth-order valence-corrected chi connectivity index (χ4v) is 2.46. The van der Waals surface area contributed by atoms with Crippen molar-refractivity contribution in [1.29, 1.82) is 0 Å². The molecule has 2 N–H and O–H groups in total. The average molecular weight is 346 g/mol. The highest BCUT2D eigenvalue weighted by molar-refractivity contribution is 5.85. The number of hydrogen-bond acceptors (Lipinski definition) is 2. The molecule has 0 aromatic heterocycles. The first-order valence-corrected chi connectivity index (χ1v) is 6.22. The third-order valence-corrected chi connectivity index (χ3v) is 3.50. The second-order valence-corrected chi connectivity index (χ2v) is 4.92. The molecule has 3 nitrogen and oxygen atoms in total. The molecule has 0 radical (unpaired) electrons. The van der Waals surface area contributed by atoms with E-state index in [-0.39, 0.29) is 24.4 Å². The molecule has 0 spiro atoms. The molecule has 9 heteroatoms. The van der Waals surface area contributed by atoms with E-state index in [4.69, 9.17) is 5.11 Å². The standard InChI is InChI=1S/C13H12F5NO2.ClH/c14-8-3-7(4-9(15)11(8)13(16,17)18)10-5-6(12(20)21)1-2-19-10;/h3-4,6,10,19H,1-2,5H2,(H,20,21);1H. The van der Waals surface area contributed by atoms with Crippen LogP contribution < -0.4 is 5.32 Å². The largest absolute Gasteiger partial charge is 0.481 e. The first-order chi connectivity index (χ1) is 9.70. The molecule has 2 unspecified atom stereocenters. The van der Waals surface area contributed by atoms with Crippen LogP contribution in [0.25, 0.3) is 0 Å². The lowest BCUT2D eigenvalue weighted by atomic mass is 9.88. The Labute approximate surface area is 128 Å². The van der Waals surface area contributed by atoms with Crippen LogP contribution in [0.5, 0.6) is 0 Å². The predicted molar refractivity (Wildman–Crippen MR) is 69.7 cm³/mol. The van der Waals surface area contributed by atoms with Crippen LogP contribution in [0, 0.1) is 17.6 Å². The summed E-state index contributed by atoms with van der Waals surface area (Å²) in [5.41, 5.74) is -1.96. The molecule has 2 atom stereocenters. The predicted octanol–water partition coefficient (Wildman–Crippen LogP) is 3.53. The zero-order valence-corrected chi connectivity index (χ0v) is 11.9. The van der Waals surface area contributed by atoms with Gasteiger partial charge in [-0.25, -0.2) is 8.78 Å². The quantitative estimate of drug-likeness (QED) is 0.806. The van der Waals surface area contributed by atoms with E-state index in [0.29, 0.717) is 25.1 Å². The van der Waals surface area contributed by atoms with Crippen LogP contribution in [0.1, 0.15) is 30.0 Å². The Morgan fingerprint density at radius 3 is 2.23 bits per heavy atom. The summed E-state index contributed by atoms with van der Waals surface area (Å²) in [6.07, 6.45) is -4.69. The number of carbonyl (C=O) groups is 1. The van der Waals surface area contributed by atoms with Crippen molar-refractivity contribution in [3.05, 3.63) is 34.9 Å². The van der Waals surface area contributed by atoms with Crippen molar-refractivity contribution in [2.45, 2.75) is 25.1 Å². The molecule has 0 saturated carbocycles. The van der Waals surface area contributed by atoms with E-state index in [2.05, 4.69) is 5.32 Å². The third kappa shape index (κ3) is 3.86. The van der Waals surface area contributed by atoms with Crippen LogP contribution in [-0.2, 0) is 11.0 Å². The molecule has 0 bridgehead atoms. The summed E-state index contributed by atoms with van der Waals surface area (Å²) in [5.74, 6) is -5.12. The van der Waals surface area contributed by atoms with Crippen LogP contribution >= 0.6 is 12.4 Å². The number of halogens is 6. The summed E-state index contributed by atoms with van der Waals surface area (Å²) in [4.78, 5) is 10.9. The Balaban J connectivity index is 0.00000242. The molecule has 1 aromatic carbocycles. The van der Waals surface area contributed by atoms with Crippen LogP contribution in [0.3, 0.4) is 0 Å². The maximum Gasteiger partial charge on any atom is 0.422 e. The minimum atomic E-state index is -5.11. The van der Waals surface area contributed by atoms with Gasteiger partial charge in [-0.2, -0.15) is 13.2 Å². The molecular formula is C13H13ClF5NO2. The van der Waals surface area contributed by atoms with Crippen molar-refractivity contribution in [1.82, 2.24) is 5.32 Å². The van der Waals surface area contributed by atoms with E-state index < -0.39 is 41.3 Å². The smallest absolute Gasteiger partial charge is 0.422 e. The number of alkyl halides is 3. The Bertz CT molecular complexity index is 541. The number of hydrogen-bond donors (Lipinski definition) is 2. The van der Waals surface area contributed by atoms with E-state index in [1.807, 2.05) is 0 Å². The van der Waals surface area contributed by atoms with Gasteiger partial charge < -0.3 is 10.4 Å². The zero-order chi connectivity index (χ0) is 15.8. The fraction of sp³-hybridized carbons (Fsp3) is 0.462. The normalized spacial score (nSPS) is 22.0. The molecule has 1 fully saturated rings. The van der Waals surface area contributed by atoms with Crippen molar-refractivity contribution < 1.29 is 31.9 Å². The summed E-state index contributed by atoms with van der Waals surface area (Å²) in [5, 5.41) is 11.8. The van der Waals surface area contributed by atoms with Gasteiger partial charge in [0.15, 0.2) is 0 Å². The van der Waals surface area contributed by atoms with Gasteiger partial charge in [0.05, 0.1) is 5.92 Å². The molecule has 0 amide bonds. The molecule has 1 saturated heterocycles. The summed E-state index contributed by atoms with van der Waals surface area (Å²) >= 11 is 0. The minimum absolute atomic E-state index is 0. The van der Waals surface area contributed by atoms with Crippen molar-refractivity contribution in [3.8, 4) is 0 Å². The Hall–Kier alpha value is -1.41. The summed E-state index contributed by atoms with van der Waals surface area (Å²) < 4.78 is 64.5. The maximum atomic E-state index is 13.5. The van der Waals surface area contributed by atoms with Gasteiger partial charge in [0.1, 0.15) is 17.2 Å². The lowest BCUT2D eigenvalue weighted by molar-refractivity contribution is -0.143. The second-order valence-electron chi connectivity index (χ2n) is 4.92. The van der Waals surface area contributed by atoms with E-state index in [0.717, 1.165) is 0 Å². The van der Waals surface area contributed by atoms with E-state index >= 15 is 0 Å². The zero-order valence-electron chi connectivity index (χ0n) is 11.1. The number of nitrogens with one attached hydrogen (secondary N) is 1. The van der Waals surface area contributed by atoms with E-state index in [1.54, 1.807) is 0 Å². The lowest BCUT2D eigenvalue weighted by Crippen LogP contribution is -2.35. The first-order valence-electron chi connectivity index (χ1n) is 6.22. The maximum absolute atomic E-state index is 13.5. The summed E-state index contributed by atoms with van der Waals surface area (Å²) in [6, 6.07) is 0.521. The second kappa shape index (κ2) is 6.78.